The highest BCUT2D eigenvalue weighted by Gasteiger charge is 2.54. The van der Waals surface area contributed by atoms with E-state index < -0.39 is 66.0 Å². The van der Waals surface area contributed by atoms with Gasteiger partial charge in [0, 0.05) is 47.0 Å². The Balaban J connectivity index is 3.38. The van der Waals surface area contributed by atoms with Gasteiger partial charge >= 0.3 is 17.9 Å². The molecule has 0 aromatic rings. The normalized spacial score (nSPS) is 24.6. The van der Waals surface area contributed by atoms with E-state index in [-0.39, 0.29) is 25.0 Å². The number of hydrogen-bond acceptors (Lipinski definition) is 11. The van der Waals surface area contributed by atoms with E-state index >= 15 is 0 Å². The number of rotatable bonds is 10. The van der Waals surface area contributed by atoms with Gasteiger partial charge in [0.1, 0.15) is 11.8 Å². The van der Waals surface area contributed by atoms with Crippen LogP contribution in [0.5, 0.6) is 0 Å². The summed E-state index contributed by atoms with van der Waals surface area (Å²) in [6, 6.07) is -1.41. The van der Waals surface area contributed by atoms with Crippen LogP contribution in [-0.4, -0.2) is 71.8 Å². The maximum atomic E-state index is 12.4. The molecular formula is C20H27NO11. The van der Waals surface area contributed by atoms with Crippen molar-refractivity contribution in [1.29, 1.82) is 0 Å². The number of ketones is 3. The molecule has 5 atom stereocenters. The number of ether oxygens (including phenoxy) is 4. The van der Waals surface area contributed by atoms with Gasteiger partial charge in [-0.3, -0.25) is 33.6 Å². The lowest BCUT2D eigenvalue weighted by Crippen LogP contribution is -2.68. The van der Waals surface area contributed by atoms with E-state index in [1.54, 1.807) is 6.92 Å². The molecule has 12 nitrogen and oxygen atoms in total. The Morgan fingerprint density at radius 3 is 1.78 bits per heavy atom. The van der Waals surface area contributed by atoms with Crippen LogP contribution in [0.4, 0.5) is 0 Å². The van der Waals surface area contributed by atoms with Gasteiger partial charge in [-0.25, -0.2) is 0 Å². The fourth-order valence-electron chi connectivity index (χ4n) is 3.00. The lowest BCUT2D eigenvalue weighted by molar-refractivity contribution is -0.259. The molecule has 1 fully saturated rings. The Kier molecular flexibility index (Phi) is 10.1. The molecule has 1 saturated heterocycles. The molecule has 0 spiro atoms. The number of amides is 1. The molecule has 0 aromatic heterocycles. The van der Waals surface area contributed by atoms with E-state index in [4.69, 9.17) is 18.9 Å². The van der Waals surface area contributed by atoms with Crippen molar-refractivity contribution in [2.45, 2.75) is 84.5 Å². The van der Waals surface area contributed by atoms with Gasteiger partial charge in [0.2, 0.25) is 18.0 Å². The van der Waals surface area contributed by atoms with Gasteiger partial charge in [0.25, 0.3) is 0 Å². The molecule has 32 heavy (non-hydrogen) atoms. The molecule has 1 N–H and O–H groups in total. The number of Topliss-reactive ketones (excluding diaryl/α,β-unsaturated/α-hetero) is 3. The zero-order chi connectivity index (χ0) is 24.6. The average Bonchev–Trinajstić information content (AvgIpc) is 2.68. The van der Waals surface area contributed by atoms with Crippen LogP contribution in [-0.2, 0) is 52.5 Å². The van der Waals surface area contributed by atoms with Crippen molar-refractivity contribution in [3.63, 3.8) is 0 Å². The molecule has 3 unspecified atom stereocenters. The first-order valence-corrected chi connectivity index (χ1v) is 9.90. The van der Waals surface area contributed by atoms with E-state index in [0.717, 1.165) is 27.7 Å². The molecule has 178 valence electrons. The molecule has 0 aliphatic carbocycles. The topological polar surface area (TPSA) is 168 Å². The van der Waals surface area contributed by atoms with E-state index in [9.17, 15) is 33.6 Å². The van der Waals surface area contributed by atoms with E-state index in [2.05, 4.69) is 5.32 Å². The summed E-state index contributed by atoms with van der Waals surface area (Å²) in [7, 11) is 0. The minimum absolute atomic E-state index is 0.0643. The van der Waals surface area contributed by atoms with Crippen LogP contribution in [0, 0.1) is 0 Å². The third-order valence-corrected chi connectivity index (χ3v) is 4.39. The summed E-state index contributed by atoms with van der Waals surface area (Å²) >= 11 is 0. The number of esters is 3. The van der Waals surface area contributed by atoms with Crippen LogP contribution in [0.2, 0.25) is 0 Å². The third-order valence-electron chi connectivity index (χ3n) is 4.39. The van der Waals surface area contributed by atoms with Crippen molar-refractivity contribution in [1.82, 2.24) is 5.32 Å². The van der Waals surface area contributed by atoms with Crippen LogP contribution in [0.3, 0.4) is 0 Å². The Labute approximate surface area is 184 Å². The van der Waals surface area contributed by atoms with E-state index in [0.29, 0.717) is 0 Å². The second-order valence-corrected chi connectivity index (χ2v) is 7.09. The first-order chi connectivity index (χ1) is 14.9. The molecule has 1 amide bonds. The van der Waals surface area contributed by atoms with Gasteiger partial charge in [-0.05, 0) is 0 Å². The van der Waals surface area contributed by atoms with Crippen molar-refractivity contribution in [3.05, 3.63) is 0 Å². The maximum absolute atomic E-state index is 12.4. The first kappa shape index (κ1) is 26.9. The molecule has 1 aliphatic rings. The maximum Gasteiger partial charge on any atom is 0.305 e. The summed E-state index contributed by atoms with van der Waals surface area (Å²) in [6.07, 6.45) is -6.66. The number of hydrogen-bond donors (Lipinski definition) is 1. The molecule has 1 rings (SSSR count). The standard InChI is InChI=1S/C20H27NO11/c1-6-13(26)7-8-14(27)21-15-17(29-10(3)23)19(30-11(4)24)18(16(28)9(2)22)32-20(15)31-12(5)25/h15,17-20H,6-8H2,1-5H3,(H,21,27)/t15?,17-,18?,19+,20?/m1/s1. The highest BCUT2D eigenvalue weighted by atomic mass is 16.7. The van der Waals surface area contributed by atoms with Gasteiger partial charge in [-0.2, -0.15) is 0 Å². The summed E-state index contributed by atoms with van der Waals surface area (Å²) in [5.74, 6) is -5.53. The summed E-state index contributed by atoms with van der Waals surface area (Å²) in [5.41, 5.74) is 0. The highest BCUT2D eigenvalue weighted by molar-refractivity contribution is 6.38. The molecule has 0 bridgehead atoms. The Morgan fingerprint density at radius 1 is 0.781 bits per heavy atom. The Hall–Kier alpha value is -3.15. The first-order valence-electron chi connectivity index (χ1n) is 9.90. The molecule has 0 saturated carbocycles. The molecule has 1 heterocycles. The highest BCUT2D eigenvalue weighted by Crippen LogP contribution is 2.28. The molecular weight excluding hydrogens is 430 g/mol. The van der Waals surface area contributed by atoms with Gasteiger partial charge in [0.05, 0.1) is 0 Å². The predicted octanol–water partition coefficient (Wildman–Crippen LogP) is -0.460. The second-order valence-electron chi connectivity index (χ2n) is 7.09. The van der Waals surface area contributed by atoms with Gasteiger partial charge in [-0.15, -0.1) is 0 Å². The average molecular weight is 457 g/mol. The van der Waals surface area contributed by atoms with Crippen LogP contribution in [0.25, 0.3) is 0 Å². The Morgan fingerprint density at radius 2 is 1.31 bits per heavy atom. The number of carbonyl (C=O) groups is 7. The van der Waals surface area contributed by atoms with Crippen LogP contribution in [0.15, 0.2) is 0 Å². The van der Waals surface area contributed by atoms with Gasteiger partial charge in [0.15, 0.2) is 24.1 Å². The number of nitrogens with one attached hydrogen (secondary N) is 1. The van der Waals surface area contributed by atoms with Crippen molar-refractivity contribution >= 4 is 41.2 Å². The second kappa shape index (κ2) is 12.0. The fraction of sp³-hybridized carbons (Fsp3) is 0.650. The monoisotopic (exact) mass is 457 g/mol. The van der Waals surface area contributed by atoms with Crippen molar-refractivity contribution in [2.75, 3.05) is 0 Å². The molecule has 1 aliphatic heterocycles. The molecule has 0 aromatic carbocycles. The van der Waals surface area contributed by atoms with Crippen LogP contribution in [0.1, 0.15) is 53.9 Å². The quantitative estimate of drug-likeness (QED) is 0.256. The summed E-state index contributed by atoms with van der Waals surface area (Å²) in [5, 5.41) is 2.44. The van der Waals surface area contributed by atoms with E-state index in [1.165, 1.54) is 0 Å². The lowest BCUT2D eigenvalue weighted by Gasteiger charge is -2.44. The predicted molar refractivity (Wildman–Crippen MR) is 104 cm³/mol. The Bertz CT molecular complexity index is 790. The summed E-state index contributed by atoms with van der Waals surface area (Å²) < 4.78 is 20.8. The summed E-state index contributed by atoms with van der Waals surface area (Å²) in [6.45, 7) is 5.67. The summed E-state index contributed by atoms with van der Waals surface area (Å²) in [4.78, 5) is 83.0. The molecule has 12 heteroatoms. The van der Waals surface area contributed by atoms with Crippen LogP contribution >= 0.6 is 0 Å². The van der Waals surface area contributed by atoms with E-state index in [1.807, 2.05) is 0 Å². The smallest absolute Gasteiger partial charge is 0.305 e. The van der Waals surface area contributed by atoms with Crippen LogP contribution < -0.4 is 5.32 Å². The minimum Gasteiger partial charge on any atom is -0.456 e. The van der Waals surface area contributed by atoms with Gasteiger partial charge in [-0.1, -0.05) is 6.92 Å². The zero-order valence-electron chi connectivity index (χ0n) is 18.5. The fourth-order valence-corrected chi connectivity index (χ4v) is 3.00. The number of carbonyl (C=O) groups excluding carboxylic acids is 7. The van der Waals surface area contributed by atoms with Crippen molar-refractivity contribution in [3.8, 4) is 0 Å². The zero-order valence-corrected chi connectivity index (χ0v) is 18.5. The SMILES string of the molecule is CCC(=O)CCC(=O)NC1C(OC(C)=O)OC(C(=O)C(C)=O)[C@@H](OC(C)=O)[C@@H]1OC(C)=O. The van der Waals surface area contributed by atoms with Crippen molar-refractivity contribution < 1.29 is 52.5 Å². The third kappa shape index (κ3) is 7.84. The lowest BCUT2D eigenvalue weighted by atomic mass is 9.92. The van der Waals surface area contributed by atoms with Crippen molar-refractivity contribution in [2.24, 2.45) is 0 Å². The largest absolute Gasteiger partial charge is 0.456 e. The minimum atomic E-state index is -1.76. The van der Waals surface area contributed by atoms with Gasteiger partial charge < -0.3 is 24.3 Å². The molecule has 0 radical (unpaired) electrons.